The van der Waals surface area contributed by atoms with Crippen LogP contribution in [0.1, 0.15) is 26.2 Å². The lowest BCUT2D eigenvalue weighted by Gasteiger charge is -2.28. The summed E-state index contributed by atoms with van der Waals surface area (Å²) in [7, 11) is -0.535. The Kier molecular flexibility index (Phi) is 6.14. The van der Waals surface area contributed by atoms with Crippen LogP contribution in [0.4, 0.5) is 0 Å². The summed E-state index contributed by atoms with van der Waals surface area (Å²) in [6.45, 7) is 1.89. The van der Waals surface area contributed by atoms with Gasteiger partial charge in [-0.3, -0.25) is 4.79 Å². The molecule has 3 unspecified atom stereocenters. The van der Waals surface area contributed by atoms with Crippen LogP contribution in [0.2, 0.25) is 0 Å². The van der Waals surface area contributed by atoms with Crippen LogP contribution in [-0.2, 0) is 19.6 Å². The van der Waals surface area contributed by atoms with Crippen molar-refractivity contribution in [2.24, 2.45) is 5.92 Å². The molecular weight excluding hydrogens is 286 g/mol. The van der Waals surface area contributed by atoms with Gasteiger partial charge in [-0.25, -0.2) is 12.7 Å². The summed E-state index contributed by atoms with van der Waals surface area (Å²) < 4.78 is 31.3. The van der Waals surface area contributed by atoms with Crippen molar-refractivity contribution < 1.29 is 17.9 Å². The van der Waals surface area contributed by atoms with Crippen LogP contribution in [0.5, 0.6) is 0 Å². The molecule has 5 nitrogen and oxygen atoms in total. The van der Waals surface area contributed by atoms with E-state index in [1.54, 1.807) is 18.8 Å². The van der Waals surface area contributed by atoms with E-state index < -0.39 is 27.2 Å². The second kappa shape index (κ2) is 6.95. The zero-order valence-electron chi connectivity index (χ0n) is 12.0. The first kappa shape index (κ1) is 16.8. The monoisotopic (exact) mass is 309 g/mol. The zero-order valence-corrected chi connectivity index (χ0v) is 13.6. The second-order valence-electron chi connectivity index (χ2n) is 4.96. The molecule has 0 aromatic rings. The number of carbonyl (C=O) groups is 1. The molecule has 0 amide bonds. The second-order valence-corrected chi connectivity index (χ2v) is 8.09. The number of thioether (sulfide) groups is 1. The van der Waals surface area contributed by atoms with Gasteiger partial charge in [0.25, 0.3) is 0 Å². The van der Waals surface area contributed by atoms with Gasteiger partial charge in [0.05, 0.1) is 18.3 Å². The lowest BCUT2D eigenvalue weighted by Crippen LogP contribution is -2.45. The highest BCUT2D eigenvalue weighted by Gasteiger charge is 2.44. The first-order valence-corrected chi connectivity index (χ1v) is 9.29. The van der Waals surface area contributed by atoms with Crippen LogP contribution in [0.15, 0.2) is 0 Å². The maximum absolute atomic E-state index is 12.6. The van der Waals surface area contributed by atoms with E-state index in [1.165, 1.54) is 11.4 Å². The number of carbonyl (C=O) groups excluding carboxylic acids is 1. The van der Waals surface area contributed by atoms with Crippen LogP contribution in [-0.4, -0.2) is 56.2 Å². The molecule has 0 aromatic heterocycles. The van der Waals surface area contributed by atoms with Crippen molar-refractivity contribution in [1.29, 1.82) is 0 Å². The van der Waals surface area contributed by atoms with E-state index in [2.05, 4.69) is 0 Å². The van der Waals surface area contributed by atoms with Crippen LogP contribution < -0.4 is 0 Å². The van der Waals surface area contributed by atoms with E-state index >= 15 is 0 Å². The Morgan fingerprint density at radius 1 is 1.47 bits per heavy atom. The minimum absolute atomic E-state index is 0.0705. The third-order valence-corrected chi connectivity index (χ3v) is 7.08. The molecule has 1 rings (SSSR count). The first-order chi connectivity index (χ1) is 8.86. The summed E-state index contributed by atoms with van der Waals surface area (Å²) in [5.74, 6) is -0.179. The minimum atomic E-state index is -3.45. The van der Waals surface area contributed by atoms with Gasteiger partial charge in [-0.2, -0.15) is 11.8 Å². The van der Waals surface area contributed by atoms with E-state index in [9.17, 15) is 13.2 Å². The average Bonchev–Trinajstić information content (AvgIpc) is 2.87. The Morgan fingerprint density at radius 2 is 2.11 bits per heavy atom. The fraction of sp³-hybridized carbons (Fsp3) is 0.917. The van der Waals surface area contributed by atoms with Gasteiger partial charge in [0, 0.05) is 18.8 Å². The van der Waals surface area contributed by atoms with Gasteiger partial charge in [0.1, 0.15) is 0 Å². The lowest BCUT2D eigenvalue weighted by molar-refractivity contribution is -0.145. The van der Waals surface area contributed by atoms with E-state index in [-0.39, 0.29) is 6.04 Å². The van der Waals surface area contributed by atoms with Crippen molar-refractivity contribution >= 4 is 27.8 Å². The Labute approximate surface area is 120 Å². The maximum Gasteiger partial charge on any atom is 0.310 e. The Balaban J connectivity index is 2.89. The highest BCUT2D eigenvalue weighted by atomic mass is 32.2. The summed E-state index contributed by atoms with van der Waals surface area (Å²) in [4.78, 5) is 11.7. The summed E-state index contributed by atoms with van der Waals surface area (Å²) in [5, 5.41) is -0.630. The van der Waals surface area contributed by atoms with Crippen LogP contribution in [0, 0.1) is 5.92 Å². The predicted octanol–water partition coefficient (Wildman–Crippen LogP) is 1.34. The summed E-state index contributed by atoms with van der Waals surface area (Å²) in [5.41, 5.74) is 0. The Bertz CT molecular complexity index is 410. The molecule has 112 valence electrons. The van der Waals surface area contributed by atoms with Gasteiger partial charge in [0.15, 0.2) is 0 Å². The molecule has 7 heteroatoms. The molecule has 1 aliphatic rings. The van der Waals surface area contributed by atoms with Crippen LogP contribution in [0.3, 0.4) is 0 Å². The number of ether oxygens (including phenoxy) is 1. The number of nitrogens with zero attached hydrogens (tertiary/aromatic N) is 1. The standard InChI is InChI=1S/C12H23NO4S2/c1-9(8-18-4)13(2)19(15,16)11-7-5-6-10(11)12(14)17-3/h9-11H,5-8H2,1-4H3. The number of hydrogen-bond donors (Lipinski definition) is 0. The zero-order chi connectivity index (χ0) is 14.6. The molecule has 0 spiro atoms. The van der Waals surface area contributed by atoms with Crippen LogP contribution in [0.25, 0.3) is 0 Å². The quantitative estimate of drug-likeness (QED) is 0.693. The molecule has 0 heterocycles. The fourth-order valence-electron chi connectivity index (χ4n) is 2.51. The first-order valence-electron chi connectivity index (χ1n) is 6.39. The number of hydrogen-bond acceptors (Lipinski definition) is 5. The summed E-state index contributed by atoms with van der Waals surface area (Å²) in [6, 6.07) is -0.0705. The van der Waals surface area contributed by atoms with Gasteiger partial charge in [0.2, 0.25) is 10.0 Å². The lowest BCUT2D eigenvalue weighted by atomic mass is 10.1. The normalized spacial score (nSPS) is 25.5. The number of methoxy groups -OCH3 is 1. The molecular formula is C12H23NO4S2. The van der Waals surface area contributed by atoms with Crippen LogP contribution >= 0.6 is 11.8 Å². The Hall–Kier alpha value is -0.270. The number of rotatable bonds is 6. The third-order valence-electron chi connectivity index (χ3n) is 3.77. The third kappa shape index (κ3) is 3.64. The number of sulfonamides is 1. The van der Waals surface area contributed by atoms with E-state index in [0.29, 0.717) is 12.8 Å². The Morgan fingerprint density at radius 3 is 2.63 bits per heavy atom. The van der Waals surface area contributed by atoms with Crippen molar-refractivity contribution in [3.05, 3.63) is 0 Å². The number of esters is 1. The molecule has 3 atom stereocenters. The van der Waals surface area contributed by atoms with Gasteiger partial charge in [-0.1, -0.05) is 6.42 Å². The molecule has 0 aliphatic heterocycles. The smallest absolute Gasteiger partial charge is 0.310 e. The highest BCUT2D eigenvalue weighted by Crippen LogP contribution is 2.34. The molecule has 1 saturated carbocycles. The molecule has 0 N–H and O–H groups in total. The van der Waals surface area contributed by atoms with Crippen molar-refractivity contribution in [1.82, 2.24) is 4.31 Å². The molecule has 0 radical (unpaired) electrons. The predicted molar refractivity (Wildman–Crippen MR) is 77.7 cm³/mol. The highest BCUT2D eigenvalue weighted by molar-refractivity contribution is 7.98. The topological polar surface area (TPSA) is 63.7 Å². The average molecular weight is 309 g/mol. The molecule has 1 fully saturated rings. The van der Waals surface area contributed by atoms with E-state index in [4.69, 9.17) is 4.74 Å². The molecule has 0 bridgehead atoms. The summed E-state index contributed by atoms with van der Waals surface area (Å²) >= 11 is 1.61. The van der Waals surface area contributed by atoms with Crippen molar-refractivity contribution in [3.63, 3.8) is 0 Å². The van der Waals surface area contributed by atoms with Gasteiger partial charge >= 0.3 is 5.97 Å². The van der Waals surface area contributed by atoms with Gasteiger partial charge in [-0.05, 0) is 26.0 Å². The van der Waals surface area contributed by atoms with E-state index in [0.717, 1.165) is 12.2 Å². The van der Waals surface area contributed by atoms with Gasteiger partial charge < -0.3 is 4.74 Å². The molecule has 0 saturated heterocycles. The summed E-state index contributed by atoms with van der Waals surface area (Å²) in [6.07, 6.45) is 3.85. The SMILES string of the molecule is COC(=O)C1CCCC1S(=O)(=O)N(C)C(C)CSC. The maximum atomic E-state index is 12.6. The van der Waals surface area contributed by atoms with Crippen molar-refractivity contribution in [2.45, 2.75) is 37.5 Å². The van der Waals surface area contributed by atoms with Crippen molar-refractivity contribution in [2.75, 3.05) is 26.2 Å². The van der Waals surface area contributed by atoms with E-state index in [1.807, 2.05) is 13.2 Å². The fourth-order valence-corrected chi connectivity index (χ4v) is 5.44. The molecule has 19 heavy (non-hydrogen) atoms. The molecule has 0 aromatic carbocycles. The van der Waals surface area contributed by atoms with Gasteiger partial charge in [-0.15, -0.1) is 0 Å². The largest absolute Gasteiger partial charge is 0.469 e. The van der Waals surface area contributed by atoms with Crippen molar-refractivity contribution in [3.8, 4) is 0 Å². The molecule has 1 aliphatic carbocycles. The minimum Gasteiger partial charge on any atom is -0.469 e.